The van der Waals surface area contributed by atoms with Gasteiger partial charge in [-0.2, -0.15) is 13.2 Å². The molecule has 0 bridgehead atoms. The van der Waals surface area contributed by atoms with E-state index in [9.17, 15) is 31.9 Å². The van der Waals surface area contributed by atoms with Crippen LogP contribution in [-0.2, 0) is 12.8 Å². The predicted molar refractivity (Wildman–Crippen MR) is 150 cm³/mol. The average molecular weight is 630 g/mol. The second kappa shape index (κ2) is 12.6. The van der Waals surface area contributed by atoms with Gasteiger partial charge in [0.15, 0.2) is 0 Å². The van der Waals surface area contributed by atoms with Gasteiger partial charge in [-0.25, -0.2) is 13.8 Å². The van der Waals surface area contributed by atoms with Gasteiger partial charge in [0, 0.05) is 39.2 Å². The number of benzene rings is 2. The van der Waals surface area contributed by atoms with E-state index in [1.54, 1.807) is 18.2 Å². The monoisotopic (exact) mass is 629 g/mol. The summed E-state index contributed by atoms with van der Waals surface area (Å²) in [6, 6.07) is 9.25. The summed E-state index contributed by atoms with van der Waals surface area (Å²) in [5.74, 6) is -2.63. The van der Waals surface area contributed by atoms with E-state index in [0.717, 1.165) is 35.7 Å². The lowest BCUT2D eigenvalue weighted by atomic mass is 10.1. The maximum atomic E-state index is 14.1. The van der Waals surface area contributed by atoms with E-state index in [4.69, 9.17) is 16.3 Å². The molecular weight excluding hydrogens is 609 g/mol. The molecule has 2 heterocycles. The SMILES string of the molecule is CSNc1cc(Cl)cc(NC(=O)c2cc(-c3ncc(F)cc3OCc3cc(F)cc(C(F)(F)F)c3)c(C(C)O)s2)c1. The summed E-state index contributed by atoms with van der Waals surface area (Å²) in [6.07, 6.45) is -3.14. The molecule has 14 heteroatoms. The Morgan fingerprint density at radius 3 is 2.51 bits per heavy atom. The fourth-order valence-electron chi connectivity index (χ4n) is 3.84. The minimum Gasteiger partial charge on any atom is -0.487 e. The zero-order valence-corrected chi connectivity index (χ0v) is 23.7. The quantitative estimate of drug-likeness (QED) is 0.128. The molecule has 1 amide bonds. The van der Waals surface area contributed by atoms with Crippen molar-refractivity contribution in [1.82, 2.24) is 4.98 Å². The van der Waals surface area contributed by atoms with Crippen molar-refractivity contribution in [3.63, 3.8) is 0 Å². The van der Waals surface area contributed by atoms with Crippen molar-refractivity contribution in [2.75, 3.05) is 16.3 Å². The molecule has 0 fully saturated rings. The number of carbonyl (C=O) groups excluding carboxylic acids is 1. The van der Waals surface area contributed by atoms with Crippen LogP contribution < -0.4 is 14.8 Å². The van der Waals surface area contributed by atoms with Gasteiger partial charge in [-0.3, -0.25) is 4.79 Å². The number of amides is 1. The van der Waals surface area contributed by atoms with Crippen LogP contribution in [0, 0.1) is 11.6 Å². The number of carbonyl (C=O) groups is 1. The number of rotatable bonds is 9. The molecule has 2 aromatic heterocycles. The first-order valence-electron chi connectivity index (χ1n) is 11.7. The summed E-state index contributed by atoms with van der Waals surface area (Å²) in [5, 5.41) is 13.6. The van der Waals surface area contributed by atoms with Crippen LogP contribution in [0.1, 0.15) is 38.7 Å². The van der Waals surface area contributed by atoms with Crippen LogP contribution in [0.2, 0.25) is 5.02 Å². The fraction of sp³-hybridized carbons (Fsp3) is 0.185. The van der Waals surface area contributed by atoms with Crippen molar-refractivity contribution in [3.05, 3.63) is 92.3 Å². The van der Waals surface area contributed by atoms with Gasteiger partial charge in [0.05, 0.1) is 22.7 Å². The van der Waals surface area contributed by atoms with Crippen LogP contribution >= 0.6 is 34.9 Å². The number of alkyl halides is 3. The zero-order valence-electron chi connectivity index (χ0n) is 21.3. The summed E-state index contributed by atoms with van der Waals surface area (Å²) in [7, 11) is 0. The smallest absolute Gasteiger partial charge is 0.416 e. The maximum Gasteiger partial charge on any atom is 0.416 e. The molecule has 3 N–H and O–H groups in total. The fourth-order valence-corrected chi connectivity index (χ4v) is 5.42. The van der Waals surface area contributed by atoms with E-state index >= 15 is 0 Å². The van der Waals surface area contributed by atoms with E-state index < -0.39 is 42.0 Å². The van der Waals surface area contributed by atoms with Crippen molar-refractivity contribution in [2.45, 2.75) is 25.8 Å². The third-order valence-corrected chi connectivity index (χ3v) is 7.46. The number of ether oxygens (including phenoxy) is 1. The third kappa shape index (κ3) is 7.67. The van der Waals surface area contributed by atoms with Crippen molar-refractivity contribution in [1.29, 1.82) is 0 Å². The Bertz CT molecular complexity index is 1580. The molecule has 0 saturated heterocycles. The number of hydrogen-bond acceptors (Lipinski definition) is 7. The van der Waals surface area contributed by atoms with Crippen LogP contribution in [-0.4, -0.2) is 22.3 Å². The van der Waals surface area contributed by atoms with E-state index in [2.05, 4.69) is 15.0 Å². The van der Waals surface area contributed by atoms with Gasteiger partial charge in [0.25, 0.3) is 5.91 Å². The Hall–Kier alpha value is -3.39. The van der Waals surface area contributed by atoms with Gasteiger partial charge < -0.3 is 19.9 Å². The molecule has 1 unspecified atom stereocenters. The van der Waals surface area contributed by atoms with Gasteiger partial charge in [0.1, 0.15) is 29.7 Å². The molecule has 0 spiro atoms. The minimum atomic E-state index is -4.78. The standard InChI is InChI=1S/C27H21ClF5N3O3S2/c1-13(37)25-21(10-23(41-25)26(38)35-19-6-16(28)7-20(9-19)36-40-2)24-22(8-18(30)11-34-24)39-12-14-3-15(27(31,32)33)5-17(29)4-14/h3-11,13,36-37H,12H2,1-2H3,(H,35,38). The van der Waals surface area contributed by atoms with E-state index in [-0.39, 0.29) is 27.4 Å². The number of pyridine rings is 1. The van der Waals surface area contributed by atoms with Crippen LogP contribution in [0.4, 0.5) is 33.3 Å². The Balaban J connectivity index is 1.65. The molecule has 0 aliphatic rings. The molecule has 4 rings (SSSR count). The topological polar surface area (TPSA) is 83.5 Å². The van der Waals surface area contributed by atoms with Crippen LogP contribution in [0.15, 0.2) is 54.7 Å². The van der Waals surface area contributed by atoms with Crippen LogP contribution in [0.25, 0.3) is 11.3 Å². The summed E-state index contributed by atoms with van der Waals surface area (Å²) < 4.78 is 76.0. The Labute approximate surface area is 244 Å². The second-order valence-electron chi connectivity index (χ2n) is 8.69. The van der Waals surface area contributed by atoms with Crippen molar-refractivity contribution in [3.8, 4) is 17.0 Å². The molecular formula is C27H21ClF5N3O3S2. The third-order valence-electron chi connectivity index (χ3n) is 5.49. The Morgan fingerprint density at radius 1 is 1.10 bits per heavy atom. The lowest BCUT2D eigenvalue weighted by molar-refractivity contribution is -0.137. The normalized spacial score (nSPS) is 12.2. The number of nitrogens with one attached hydrogen (secondary N) is 2. The highest BCUT2D eigenvalue weighted by atomic mass is 35.5. The molecule has 4 aromatic rings. The molecule has 0 saturated carbocycles. The van der Waals surface area contributed by atoms with Gasteiger partial charge in [0.2, 0.25) is 0 Å². The van der Waals surface area contributed by atoms with Gasteiger partial charge in [-0.1, -0.05) is 23.5 Å². The second-order valence-corrected chi connectivity index (χ2v) is 10.8. The van der Waals surface area contributed by atoms with E-state index in [1.807, 2.05) is 6.26 Å². The molecule has 41 heavy (non-hydrogen) atoms. The van der Waals surface area contributed by atoms with Crippen molar-refractivity contribution >= 4 is 52.2 Å². The lowest BCUT2D eigenvalue weighted by Gasteiger charge is -2.14. The number of nitrogens with zero attached hydrogens (tertiary/aromatic N) is 1. The van der Waals surface area contributed by atoms with Gasteiger partial charge in [-0.05, 0) is 55.0 Å². The molecule has 0 aliphatic heterocycles. The van der Waals surface area contributed by atoms with Gasteiger partial charge >= 0.3 is 6.18 Å². The summed E-state index contributed by atoms with van der Waals surface area (Å²) in [6.45, 7) is 0.922. The minimum absolute atomic E-state index is 0.0271. The average Bonchev–Trinajstić information content (AvgIpc) is 3.32. The van der Waals surface area contributed by atoms with E-state index in [1.165, 1.54) is 24.9 Å². The highest BCUT2D eigenvalue weighted by molar-refractivity contribution is 7.99. The van der Waals surface area contributed by atoms with E-state index in [0.29, 0.717) is 27.3 Å². The maximum absolute atomic E-state index is 14.1. The first-order valence-corrected chi connectivity index (χ1v) is 14.1. The van der Waals surface area contributed by atoms with Gasteiger partial charge in [-0.15, -0.1) is 11.3 Å². The highest BCUT2D eigenvalue weighted by Gasteiger charge is 2.31. The lowest BCUT2D eigenvalue weighted by Crippen LogP contribution is -2.10. The highest BCUT2D eigenvalue weighted by Crippen LogP contribution is 2.40. The molecule has 6 nitrogen and oxygen atoms in total. The zero-order chi connectivity index (χ0) is 29.9. The Kier molecular flexibility index (Phi) is 9.42. The van der Waals surface area contributed by atoms with Crippen molar-refractivity contribution in [2.24, 2.45) is 0 Å². The number of anilines is 2. The Morgan fingerprint density at radius 2 is 1.83 bits per heavy atom. The van der Waals surface area contributed by atoms with Crippen LogP contribution in [0.3, 0.4) is 0 Å². The predicted octanol–water partition coefficient (Wildman–Crippen LogP) is 8.34. The molecule has 0 radical (unpaired) electrons. The first kappa shape index (κ1) is 30.6. The number of aromatic nitrogens is 1. The summed E-state index contributed by atoms with van der Waals surface area (Å²) >= 11 is 8.45. The number of aliphatic hydroxyl groups excluding tert-OH is 1. The molecule has 1 atom stereocenters. The molecule has 216 valence electrons. The summed E-state index contributed by atoms with van der Waals surface area (Å²) in [4.78, 5) is 17.7. The first-order chi connectivity index (χ1) is 19.3. The number of hydrogen-bond donors (Lipinski definition) is 3. The number of aliphatic hydroxyl groups is 1. The number of thiophene rings is 1. The van der Waals surface area contributed by atoms with Crippen molar-refractivity contribution < 1.29 is 36.6 Å². The molecule has 2 aromatic carbocycles. The van der Waals surface area contributed by atoms with Crippen LogP contribution in [0.5, 0.6) is 5.75 Å². The largest absolute Gasteiger partial charge is 0.487 e. The summed E-state index contributed by atoms with van der Waals surface area (Å²) in [5.41, 5.74) is -0.00439. The number of halogens is 6. The molecule has 0 aliphatic carbocycles.